The van der Waals surface area contributed by atoms with Crippen molar-refractivity contribution in [2.75, 3.05) is 5.32 Å². The van der Waals surface area contributed by atoms with Gasteiger partial charge in [-0.15, -0.1) is 11.3 Å². The molecule has 2 heterocycles. The number of carbonyl (C=O) groups is 1. The zero-order chi connectivity index (χ0) is 15.0. The number of rotatable bonds is 2. The number of hydrogen-bond donors (Lipinski definition) is 2. The molecular formula is C14H11N3O3S. The van der Waals surface area contributed by atoms with Gasteiger partial charge in [0.2, 0.25) is 0 Å². The summed E-state index contributed by atoms with van der Waals surface area (Å²) < 4.78 is 1.34. The minimum atomic E-state index is -0.672. The highest BCUT2D eigenvalue weighted by Crippen LogP contribution is 2.26. The average molecular weight is 301 g/mol. The van der Waals surface area contributed by atoms with Crippen LogP contribution >= 0.6 is 11.3 Å². The van der Waals surface area contributed by atoms with Gasteiger partial charge in [-0.25, -0.2) is 4.98 Å². The van der Waals surface area contributed by atoms with E-state index in [1.165, 1.54) is 15.9 Å². The second-order valence-corrected chi connectivity index (χ2v) is 5.29. The molecule has 21 heavy (non-hydrogen) atoms. The standard InChI is InChI=1S/C14H11N3O3S/c1-17-9-5-3-2-4-8(9)11(18)10(13(17)20)12(19)16-14-15-6-7-21-14/h2-7,18H,1H3,(H,15,16,19). The van der Waals surface area contributed by atoms with Crippen LogP contribution in [0.4, 0.5) is 5.13 Å². The summed E-state index contributed by atoms with van der Waals surface area (Å²) in [6.07, 6.45) is 1.54. The highest BCUT2D eigenvalue weighted by Gasteiger charge is 2.21. The smallest absolute Gasteiger partial charge is 0.267 e. The summed E-state index contributed by atoms with van der Waals surface area (Å²) in [4.78, 5) is 28.5. The lowest BCUT2D eigenvalue weighted by molar-refractivity contribution is 0.102. The average Bonchev–Trinajstić information content (AvgIpc) is 2.98. The number of aromatic hydroxyl groups is 1. The Morgan fingerprint density at radius 1 is 1.38 bits per heavy atom. The molecule has 2 N–H and O–H groups in total. The number of nitrogens with one attached hydrogen (secondary N) is 1. The number of thiazole rings is 1. The van der Waals surface area contributed by atoms with Crippen LogP contribution in [0.5, 0.6) is 5.75 Å². The SMILES string of the molecule is Cn1c(=O)c(C(=O)Nc2nccs2)c(O)c2ccccc21. The number of hydrogen-bond acceptors (Lipinski definition) is 5. The summed E-state index contributed by atoms with van der Waals surface area (Å²) in [5.74, 6) is -0.989. The Morgan fingerprint density at radius 3 is 2.86 bits per heavy atom. The van der Waals surface area contributed by atoms with E-state index in [2.05, 4.69) is 10.3 Å². The van der Waals surface area contributed by atoms with Gasteiger partial charge in [0.05, 0.1) is 5.52 Å². The normalized spacial score (nSPS) is 10.7. The fraction of sp³-hybridized carbons (Fsp3) is 0.0714. The number of nitrogens with zero attached hydrogens (tertiary/aromatic N) is 2. The van der Waals surface area contributed by atoms with Gasteiger partial charge in [-0.1, -0.05) is 12.1 Å². The van der Waals surface area contributed by atoms with Crippen molar-refractivity contribution < 1.29 is 9.90 Å². The molecule has 0 bridgehead atoms. The first-order chi connectivity index (χ1) is 10.1. The fourth-order valence-electron chi connectivity index (χ4n) is 2.13. The van der Waals surface area contributed by atoms with E-state index >= 15 is 0 Å². The molecule has 0 spiro atoms. The van der Waals surface area contributed by atoms with Crippen LogP contribution < -0.4 is 10.9 Å². The predicted molar refractivity (Wildman–Crippen MR) is 80.9 cm³/mol. The highest BCUT2D eigenvalue weighted by atomic mass is 32.1. The highest BCUT2D eigenvalue weighted by molar-refractivity contribution is 7.13. The van der Waals surface area contributed by atoms with Crippen molar-refractivity contribution in [3.8, 4) is 5.75 Å². The number of amides is 1. The minimum Gasteiger partial charge on any atom is -0.506 e. The van der Waals surface area contributed by atoms with Gasteiger partial charge < -0.3 is 9.67 Å². The summed E-state index contributed by atoms with van der Waals surface area (Å²) in [7, 11) is 1.56. The first kappa shape index (κ1) is 13.3. The predicted octanol–water partition coefficient (Wildman–Crippen LogP) is 1.95. The van der Waals surface area contributed by atoms with Crippen LogP contribution in [0.15, 0.2) is 40.6 Å². The molecular weight excluding hydrogens is 290 g/mol. The Morgan fingerprint density at radius 2 is 2.14 bits per heavy atom. The molecule has 0 saturated carbocycles. The maximum absolute atomic E-state index is 12.3. The van der Waals surface area contributed by atoms with Gasteiger partial charge >= 0.3 is 0 Å². The molecule has 0 saturated heterocycles. The maximum atomic E-state index is 12.3. The van der Waals surface area contributed by atoms with Gasteiger partial charge in [0.25, 0.3) is 11.5 Å². The Bertz CT molecular complexity index is 884. The second-order valence-electron chi connectivity index (χ2n) is 4.40. The number of aromatic nitrogens is 2. The molecule has 3 rings (SSSR count). The number of pyridine rings is 1. The first-order valence-electron chi connectivity index (χ1n) is 6.11. The zero-order valence-corrected chi connectivity index (χ0v) is 11.8. The van der Waals surface area contributed by atoms with Crippen LogP contribution in [0.2, 0.25) is 0 Å². The number of para-hydroxylation sites is 1. The second kappa shape index (κ2) is 5.02. The molecule has 0 atom stereocenters. The quantitative estimate of drug-likeness (QED) is 0.757. The van der Waals surface area contributed by atoms with Gasteiger partial charge in [0, 0.05) is 24.0 Å². The van der Waals surface area contributed by atoms with Crippen LogP contribution in [-0.4, -0.2) is 20.6 Å². The molecule has 0 aliphatic heterocycles. The van der Waals surface area contributed by atoms with E-state index < -0.39 is 11.5 Å². The van der Waals surface area contributed by atoms with E-state index in [0.29, 0.717) is 16.0 Å². The summed E-state index contributed by atoms with van der Waals surface area (Å²) in [5.41, 5.74) is -0.280. The van der Waals surface area contributed by atoms with Crippen LogP contribution in [-0.2, 0) is 7.05 Å². The fourth-order valence-corrected chi connectivity index (χ4v) is 2.65. The number of aryl methyl sites for hydroxylation is 1. The van der Waals surface area contributed by atoms with Crippen LogP contribution in [0.25, 0.3) is 10.9 Å². The molecule has 0 fully saturated rings. The molecule has 2 aromatic heterocycles. The topological polar surface area (TPSA) is 84.2 Å². The van der Waals surface area contributed by atoms with Gasteiger partial charge in [-0.2, -0.15) is 0 Å². The lowest BCUT2D eigenvalue weighted by atomic mass is 10.1. The van der Waals surface area contributed by atoms with Crippen LogP contribution in [0.3, 0.4) is 0 Å². The van der Waals surface area contributed by atoms with E-state index in [-0.39, 0.29) is 11.3 Å². The third-order valence-corrected chi connectivity index (χ3v) is 3.84. The lowest BCUT2D eigenvalue weighted by Crippen LogP contribution is -2.28. The van der Waals surface area contributed by atoms with Crippen molar-refractivity contribution >= 4 is 33.3 Å². The van der Waals surface area contributed by atoms with Crippen molar-refractivity contribution in [2.45, 2.75) is 0 Å². The van der Waals surface area contributed by atoms with Gasteiger partial charge in [-0.3, -0.25) is 14.9 Å². The van der Waals surface area contributed by atoms with Crippen LogP contribution in [0.1, 0.15) is 10.4 Å². The molecule has 7 heteroatoms. The third-order valence-electron chi connectivity index (χ3n) is 3.16. The van der Waals surface area contributed by atoms with Gasteiger partial charge in [-0.05, 0) is 12.1 Å². The number of anilines is 1. The molecule has 3 aromatic rings. The van der Waals surface area contributed by atoms with Gasteiger partial charge in [0.1, 0.15) is 11.3 Å². The molecule has 6 nitrogen and oxygen atoms in total. The Hall–Kier alpha value is -2.67. The van der Waals surface area contributed by atoms with E-state index in [0.717, 1.165) is 0 Å². The van der Waals surface area contributed by atoms with Crippen LogP contribution in [0, 0.1) is 0 Å². The lowest BCUT2D eigenvalue weighted by Gasteiger charge is -2.11. The zero-order valence-electron chi connectivity index (χ0n) is 11.0. The third kappa shape index (κ3) is 2.17. The molecule has 0 radical (unpaired) electrons. The molecule has 1 amide bonds. The van der Waals surface area contributed by atoms with E-state index in [4.69, 9.17) is 0 Å². The number of benzene rings is 1. The maximum Gasteiger partial charge on any atom is 0.267 e. The largest absolute Gasteiger partial charge is 0.506 e. The van der Waals surface area contributed by atoms with Crippen molar-refractivity contribution in [2.24, 2.45) is 7.05 Å². The number of carbonyl (C=O) groups excluding carboxylic acids is 1. The van der Waals surface area contributed by atoms with E-state index in [1.807, 2.05) is 0 Å². The van der Waals surface area contributed by atoms with Gasteiger partial charge in [0.15, 0.2) is 5.13 Å². The molecule has 0 aliphatic rings. The van der Waals surface area contributed by atoms with Crippen molar-refractivity contribution in [1.29, 1.82) is 0 Å². The summed E-state index contributed by atoms with van der Waals surface area (Å²) in [6, 6.07) is 6.86. The molecule has 1 aromatic carbocycles. The Kier molecular flexibility index (Phi) is 3.19. The first-order valence-corrected chi connectivity index (χ1v) is 6.99. The number of fused-ring (bicyclic) bond motifs is 1. The van der Waals surface area contributed by atoms with Crippen molar-refractivity contribution in [3.63, 3.8) is 0 Å². The summed E-state index contributed by atoms with van der Waals surface area (Å²) in [6.45, 7) is 0. The molecule has 106 valence electrons. The van der Waals surface area contributed by atoms with E-state index in [1.54, 1.807) is 42.9 Å². The Labute approximate surface area is 123 Å². The van der Waals surface area contributed by atoms with Crippen molar-refractivity contribution in [1.82, 2.24) is 9.55 Å². The monoisotopic (exact) mass is 301 g/mol. The summed E-state index contributed by atoms with van der Waals surface area (Å²) in [5, 5.41) is 15.3. The van der Waals surface area contributed by atoms with E-state index in [9.17, 15) is 14.7 Å². The Balaban J connectivity index is 2.18. The molecule has 0 unspecified atom stereocenters. The molecule has 0 aliphatic carbocycles. The van der Waals surface area contributed by atoms with Crippen molar-refractivity contribution in [3.05, 3.63) is 51.8 Å². The summed E-state index contributed by atoms with van der Waals surface area (Å²) >= 11 is 1.23. The minimum absolute atomic E-state index is 0.286.